The zero-order valence-corrected chi connectivity index (χ0v) is 17.7. The Bertz CT molecular complexity index is 891. The highest BCUT2D eigenvalue weighted by atomic mass is 32.1. The molecule has 2 aromatic heterocycles. The first-order valence-electron chi connectivity index (χ1n) is 10.3. The molecule has 3 aromatic rings. The normalized spacial score (nSPS) is 12.1. The smallest absolute Gasteiger partial charge is 0.177 e. The van der Waals surface area contributed by atoms with Crippen LogP contribution in [0.2, 0.25) is 0 Å². The summed E-state index contributed by atoms with van der Waals surface area (Å²) in [6.45, 7) is 2.23. The van der Waals surface area contributed by atoms with Crippen LogP contribution in [0, 0.1) is 0 Å². The Morgan fingerprint density at radius 2 is 1.86 bits per heavy atom. The SMILES string of the molecule is CCCCCCCc1ccc(C(O)CC(=O)c2cnc(-c3cccnc3)s2)cc1. The molecule has 4 nitrogen and oxygen atoms in total. The molecule has 29 heavy (non-hydrogen) atoms. The summed E-state index contributed by atoms with van der Waals surface area (Å²) in [7, 11) is 0. The Morgan fingerprint density at radius 3 is 2.59 bits per heavy atom. The number of carbonyl (C=O) groups is 1. The molecule has 0 saturated carbocycles. The van der Waals surface area contributed by atoms with E-state index in [9.17, 15) is 9.90 Å². The van der Waals surface area contributed by atoms with Gasteiger partial charge in [-0.15, -0.1) is 11.3 Å². The lowest BCUT2D eigenvalue weighted by molar-refractivity contribution is 0.0884. The molecule has 1 unspecified atom stereocenters. The van der Waals surface area contributed by atoms with Gasteiger partial charge in [-0.3, -0.25) is 9.78 Å². The largest absolute Gasteiger partial charge is 0.388 e. The molecule has 0 radical (unpaired) electrons. The summed E-state index contributed by atoms with van der Waals surface area (Å²) in [6, 6.07) is 11.8. The number of carbonyl (C=O) groups excluding carboxylic acids is 1. The van der Waals surface area contributed by atoms with Crippen molar-refractivity contribution in [2.45, 2.75) is 58.0 Å². The molecular weight excluding hydrogens is 380 g/mol. The molecule has 2 heterocycles. The van der Waals surface area contributed by atoms with Crippen molar-refractivity contribution in [3.8, 4) is 10.6 Å². The van der Waals surface area contributed by atoms with Gasteiger partial charge in [-0.1, -0.05) is 56.9 Å². The van der Waals surface area contributed by atoms with Gasteiger partial charge in [0.05, 0.1) is 11.0 Å². The lowest BCUT2D eigenvalue weighted by Gasteiger charge is -2.10. The van der Waals surface area contributed by atoms with Crippen LogP contribution in [0.1, 0.15) is 72.4 Å². The van der Waals surface area contributed by atoms with E-state index in [1.165, 1.54) is 49.0 Å². The van der Waals surface area contributed by atoms with Crippen molar-refractivity contribution < 1.29 is 9.90 Å². The Balaban J connectivity index is 1.52. The van der Waals surface area contributed by atoms with Crippen LogP contribution in [-0.4, -0.2) is 20.9 Å². The second kappa shape index (κ2) is 11.0. The number of thiazole rings is 1. The predicted molar refractivity (Wildman–Crippen MR) is 118 cm³/mol. The highest BCUT2D eigenvalue weighted by Gasteiger charge is 2.17. The molecule has 5 heteroatoms. The van der Waals surface area contributed by atoms with Gasteiger partial charge in [0.25, 0.3) is 0 Å². The van der Waals surface area contributed by atoms with Crippen molar-refractivity contribution in [2.75, 3.05) is 0 Å². The average molecular weight is 409 g/mol. The van der Waals surface area contributed by atoms with Crippen molar-refractivity contribution in [3.63, 3.8) is 0 Å². The second-order valence-corrected chi connectivity index (χ2v) is 8.35. The van der Waals surface area contributed by atoms with Crippen LogP contribution < -0.4 is 0 Å². The van der Waals surface area contributed by atoms with E-state index in [4.69, 9.17) is 0 Å². The van der Waals surface area contributed by atoms with Gasteiger partial charge in [0.1, 0.15) is 5.01 Å². The van der Waals surface area contributed by atoms with Gasteiger partial charge in [0.15, 0.2) is 5.78 Å². The minimum Gasteiger partial charge on any atom is -0.388 e. The number of hydrogen-bond donors (Lipinski definition) is 1. The number of benzene rings is 1. The number of pyridine rings is 1. The summed E-state index contributed by atoms with van der Waals surface area (Å²) >= 11 is 1.34. The van der Waals surface area contributed by atoms with Crippen LogP contribution >= 0.6 is 11.3 Å². The lowest BCUT2D eigenvalue weighted by atomic mass is 10.00. The third-order valence-electron chi connectivity index (χ3n) is 5.00. The fourth-order valence-electron chi connectivity index (χ4n) is 3.26. The first-order chi connectivity index (χ1) is 14.2. The molecule has 0 amide bonds. The second-order valence-electron chi connectivity index (χ2n) is 7.32. The Kier molecular flexibility index (Phi) is 8.08. The Morgan fingerprint density at radius 1 is 1.07 bits per heavy atom. The Hall–Kier alpha value is -2.37. The molecule has 0 aliphatic rings. The van der Waals surface area contributed by atoms with Gasteiger partial charge in [-0.05, 0) is 36.1 Å². The van der Waals surface area contributed by atoms with Crippen LogP contribution in [0.3, 0.4) is 0 Å². The molecular formula is C24H28N2O2S. The molecule has 0 saturated heterocycles. The van der Waals surface area contributed by atoms with Crippen LogP contribution in [0.4, 0.5) is 0 Å². The van der Waals surface area contributed by atoms with Gasteiger partial charge in [0.2, 0.25) is 0 Å². The maximum Gasteiger partial charge on any atom is 0.177 e. The number of aromatic nitrogens is 2. The quantitative estimate of drug-likeness (QED) is 0.311. The molecule has 0 aliphatic carbocycles. The van der Waals surface area contributed by atoms with E-state index in [1.807, 2.05) is 24.3 Å². The summed E-state index contributed by atoms with van der Waals surface area (Å²) in [5.74, 6) is -0.0925. The zero-order valence-electron chi connectivity index (χ0n) is 16.9. The minimum atomic E-state index is -0.801. The summed E-state index contributed by atoms with van der Waals surface area (Å²) in [4.78, 5) is 21.5. The number of Topliss-reactive ketones (excluding diaryl/α,β-unsaturated/α-hetero) is 1. The van der Waals surface area contributed by atoms with E-state index in [-0.39, 0.29) is 12.2 Å². The molecule has 3 rings (SSSR count). The van der Waals surface area contributed by atoms with Gasteiger partial charge in [-0.2, -0.15) is 0 Å². The monoisotopic (exact) mass is 408 g/mol. The van der Waals surface area contributed by atoms with E-state index in [2.05, 4.69) is 29.0 Å². The number of rotatable bonds is 11. The topological polar surface area (TPSA) is 63.1 Å². The molecule has 1 atom stereocenters. The number of aliphatic hydroxyl groups is 1. The van der Waals surface area contributed by atoms with Crippen molar-refractivity contribution in [1.29, 1.82) is 0 Å². The van der Waals surface area contributed by atoms with Gasteiger partial charge < -0.3 is 5.11 Å². The predicted octanol–water partition coefficient (Wildman–Crippen LogP) is 6.02. The summed E-state index contributed by atoms with van der Waals surface area (Å²) in [5.41, 5.74) is 2.96. The van der Waals surface area contributed by atoms with Crippen LogP contribution in [0.5, 0.6) is 0 Å². The molecule has 0 aliphatic heterocycles. The van der Waals surface area contributed by atoms with E-state index in [1.54, 1.807) is 18.6 Å². The van der Waals surface area contributed by atoms with Gasteiger partial charge >= 0.3 is 0 Å². The van der Waals surface area contributed by atoms with Crippen molar-refractivity contribution >= 4 is 17.1 Å². The molecule has 0 fully saturated rings. The van der Waals surface area contributed by atoms with Crippen LogP contribution in [0.25, 0.3) is 10.6 Å². The van der Waals surface area contributed by atoms with E-state index in [0.717, 1.165) is 22.6 Å². The number of aryl methyl sites for hydroxylation is 1. The third-order valence-corrected chi connectivity index (χ3v) is 6.09. The third kappa shape index (κ3) is 6.31. The highest BCUT2D eigenvalue weighted by Crippen LogP contribution is 2.27. The van der Waals surface area contributed by atoms with Crippen molar-refractivity contribution in [3.05, 3.63) is 71.0 Å². The molecule has 0 spiro atoms. The number of hydrogen-bond acceptors (Lipinski definition) is 5. The molecule has 1 aromatic carbocycles. The molecule has 1 N–H and O–H groups in total. The number of ketones is 1. The maximum absolute atomic E-state index is 12.6. The van der Waals surface area contributed by atoms with E-state index < -0.39 is 6.10 Å². The van der Waals surface area contributed by atoms with Crippen molar-refractivity contribution in [2.24, 2.45) is 0 Å². The summed E-state index contributed by atoms with van der Waals surface area (Å²) in [6.07, 6.45) is 11.7. The lowest BCUT2D eigenvalue weighted by Crippen LogP contribution is -2.06. The summed E-state index contributed by atoms with van der Waals surface area (Å²) in [5, 5.41) is 11.3. The number of nitrogens with zero attached hydrogens (tertiary/aromatic N) is 2. The van der Waals surface area contributed by atoms with E-state index >= 15 is 0 Å². The molecule has 0 bridgehead atoms. The fraction of sp³-hybridized carbons (Fsp3) is 0.375. The van der Waals surface area contributed by atoms with Crippen molar-refractivity contribution in [1.82, 2.24) is 9.97 Å². The van der Waals surface area contributed by atoms with Gasteiger partial charge in [0, 0.05) is 30.6 Å². The number of unbranched alkanes of at least 4 members (excludes halogenated alkanes) is 4. The first-order valence-corrected chi connectivity index (χ1v) is 11.2. The first kappa shape index (κ1) is 21.3. The van der Waals surface area contributed by atoms with Crippen LogP contribution in [0.15, 0.2) is 55.0 Å². The fourth-order valence-corrected chi connectivity index (χ4v) is 4.11. The maximum atomic E-state index is 12.6. The molecule has 152 valence electrons. The van der Waals surface area contributed by atoms with Crippen LogP contribution in [-0.2, 0) is 6.42 Å². The zero-order chi connectivity index (χ0) is 20.5. The highest BCUT2D eigenvalue weighted by molar-refractivity contribution is 7.16. The van der Waals surface area contributed by atoms with E-state index in [0.29, 0.717) is 4.88 Å². The van der Waals surface area contributed by atoms with Gasteiger partial charge in [-0.25, -0.2) is 4.98 Å². The summed E-state index contributed by atoms with van der Waals surface area (Å²) < 4.78 is 0. The standard InChI is InChI=1S/C24H28N2O2S/c1-2-3-4-5-6-8-18-10-12-19(13-11-18)21(27)15-22(28)23-17-26-24(29-23)20-9-7-14-25-16-20/h7,9-14,16-17,21,27H,2-6,8,15H2,1H3. The Labute approximate surface area is 176 Å². The minimum absolute atomic E-state index is 0.0606. The number of aliphatic hydroxyl groups excluding tert-OH is 1. The average Bonchev–Trinajstić information content (AvgIpc) is 3.25.